The number of para-hydroxylation sites is 1. The molecular formula is C13H17NO3. The Morgan fingerprint density at radius 1 is 1.35 bits per heavy atom. The van der Waals surface area contributed by atoms with Gasteiger partial charge in [0.15, 0.2) is 0 Å². The van der Waals surface area contributed by atoms with Gasteiger partial charge in [0.1, 0.15) is 12.6 Å². The number of hydrogen-bond acceptors (Lipinski definition) is 4. The summed E-state index contributed by atoms with van der Waals surface area (Å²) in [6, 6.07) is 7.62. The molecule has 0 spiro atoms. The maximum atomic E-state index is 11.1. The summed E-state index contributed by atoms with van der Waals surface area (Å²) in [4.78, 5) is 21.9. The van der Waals surface area contributed by atoms with Crippen molar-refractivity contribution >= 4 is 18.3 Å². The van der Waals surface area contributed by atoms with Crippen molar-refractivity contribution in [2.75, 3.05) is 19.5 Å². The van der Waals surface area contributed by atoms with Crippen LogP contribution in [0.15, 0.2) is 24.3 Å². The van der Waals surface area contributed by atoms with Crippen LogP contribution >= 0.6 is 0 Å². The van der Waals surface area contributed by atoms with E-state index in [1.54, 1.807) is 0 Å². The summed E-state index contributed by atoms with van der Waals surface area (Å²) < 4.78 is 0. The first-order chi connectivity index (χ1) is 8.28. The van der Waals surface area contributed by atoms with Gasteiger partial charge in [-0.05, 0) is 18.1 Å². The third-order valence-electron chi connectivity index (χ3n) is 3.13. The van der Waals surface area contributed by atoms with Crippen molar-refractivity contribution in [2.24, 2.45) is 5.92 Å². The second kappa shape index (κ2) is 5.59. The normalized spacial score (nSPS) is 25.2. The second-order valence-electron chi connectivity index (χ2n) is 3.90. The fraction of sp³-hybridized carbons (Fsp3) is 0.385. The van der Waals surface area contributed by atoms with Crippen LogP contribution in [-0.2, 0) is 15.0 Å². The number of aldehydes is 2. The molecule has 4 heteroatoms. The number of benzene rings is 1. The van der Waals surface area contributed by atoms with E-state index < -0.39 is 5.41 Å². The summed E-state index contributed by atoms with van der Waals surface area (Å²) in [7, 11) is 2.82. The molecular weight excluding hydrogens is 218 g/mol. The van der Waals surface area contributed by atoms with Crippen LogP contribution in [0, 0.1) is 5.92 Å². The minimum atomic E-state index is -0.568. The Labute approximate surface area is 101 Å². The summed E-state index contributed by atoms with van der Waals surface area (Å²) in [6.45, 7) is 0. The highest BCUT2D eigenvalue weighted by Crippen LogP contribution is 2.53. The van der Waals surface area contributed by atoms with Crippen LogP contribution in [0.25, 0.3) is 0 Å². The maximum absolute atomic E-state index is 11.1. The van der Waals surface area contributed by atoms with E-state index >= 15 is 0 Å². The summed E-state index contributed by atoms with van der Waals surface area (Å²) in [5, 5.41) is 10.0. The van der Waals surface area contributed by atoms with Gasteiger partial charge in [-0.1, -0.05) is 18.2 Å². The van der Waals surface area contributed by atoms with Crippen molar-refractivity contribution in [3.63, 3.8) is 0 Å². The van der Waals surface area contributed by atoms with Crippen LogP contribution in [0.4, 0.5) is 5.69 Å². The molecule has 0 amide bonds. The lowest BCUT2D eigenvalue weighted by atomic mass is 9.93. The zero-order valence-electron chi connectivity index (χ0n) is 10.0. The number of carbonyl (C=O) groups excluding carboxylic acids is 2. The lowest BCUT2D eigenvalue weighted by Crippen LogP contribution is -2.14. The number of aliphatic hydroxyl groups excluding tert-OH is 1. The Kier molecular flexibility index (Phi) is 4.40. The molecule has 0 heterocycles. The average Bonchev–Trinajstić information content (AvgIpc) is 3.16. The van der Waals surface area contributed by atoms with Crippen LogP contribution in [0.2, 0.25) is 0 Å². The first-order valence-electron chi connectivity index (χ1n) is 5.42. The molecule has 1 aromatic rings. The minimum Gasteiger partial charge on any atom is -0.400 e. The Balaban J connectivity index is 0.000000686. The Morgan fingerprint density at radius 2 is 2.00 bits per heavy atom. The van der Waals surface area contributed by atoms with Gasteiger partial charge in [-0.3, -0.25) is 0 Å². The summed E-state index contributed by atoms with van der Waals surface area (Å²) in [5.74, 6) is -0.149. The topological polar surface area (TPSA) is 66.4 Å². The number of carbonyl (C=O) groups is 2. The average molecular weight is 235 g/mol. The van der Waals surface area contributed by atoms with Gasteiger partial charge in [-0.15, -0.1) is 0 Å². The quantitative estimate of drug-likeness (QED) is 0.764. The first-order valence-corrected chi connectivity index (χ1v) is 5.42. The number of rotatable bonds is 4. The van der Waals surface area contributed by atoms with Crippen LogP contribution in [0.3, 0.4) is 0 Å². The van der Waals surface area contributed by atoms with E-state index in [1.165, 1.54) is 0 Å². The van der Waals surface area contributed by atoms with Gasteiger partial charge in [0.2, 0.25) is 0 Å². The number of aliphatic hydroxyl groups is 1. The van der Waals surface area contributed by atoms with Gasteiger partial charge < -0.3 is 20.0 Å². The molecule has 1 aromatic carbocycles. The van der Waals surface area contributed by atoms with E-state index in [1.807, 2.05) is 31.3 Å². The van der Waals surface area contributed by atoms with Crippen LogP contribution in [0.1, 0.15) is 12.0 Å². The van der Waals surface area contributed by atoms with Crippen LogP contribution in [-0.4, -0.2) is 31.8 Å². The molecule has 0 aromatic heterocycles. The summed E-state index contributed by atoms with van der Waals surface area (Å²) in [5.41, 5.74) is 1.29. The molecule has 0 radical (unpaired) electrons. The highest BCUT2D eigenvalue weighted by molar-refractivity contribution is 5.86. The van der Waals surface area contributed by atoms with E-state index in [0.717, 1.165) is 30.9 Å². The molecule has 4 nitrogen and oxygen atoms in total. The van der Waals surface area contributed by atoms with Gasteiger partial charge in [0, 0.05) is 25.8 Å². The molecule has 2 rings (SSSR count). The number of anilines is 1. The van der Waals surface area contributed by atoms with Gasteiger partial charge in [-0.2, -0.15) is 0 Å². The molecule has 2 atom stereocenters. The predicted molar refractivity (Wildman–Crippen MR) is 66.0 cm³/mol. The van der Waals surface area contributed by atoms with Gasteiger partial charge in [-0.25, -0.2) is 0 Å². The maximum Gasteiger partial charge on any atom is 0.131 e. The van der Waals surface area contributed by atoms with Crippen molar-refractivity contribution in [3.8, 4) is 0 Å². The molecule has 1 fully saturated rings. The molecule has 0 saturated heterocycles. The van der Waals surface area contributed by atoms with Crippen molar-refractivity contribution in [2.45, 2.75) is 11.8 Å². The van der Waals surface area contributed by atoms with Crippen molar-refractivity contribution in [1.82, 2.24) is 0 Å². The van der Waals surface area contributed by atoms with Gasteiger partial charge in [0.05, 0.1) is 5.41 Å². The van der Waals surface area contributed by atoms with E-state index in [9.17, 15) is 9.59 Å². The zero-order chi connectivity index (χ0) is 12.9. The molecule has 1 aliphatic rings. The summed E-state index contributed by atoms with van der Waals surface area (Å²) in [6.07, 6.45) is 2.42. The summed E-state index contributed by atoms with van der Waals surface area (Å²) >= 11 is 0. The van der Waals surface area contributed by atoms with E-state index in [-0.39, 0.29) is 5.92 Å². The van der Waals surface area contributed by atoms with Crippen molar-refractivity contribution in [1.29, 1.82) is 0 Å². The monoisotopic (exact) mass is 235 g/mol. The third-order valence-corrected chi connectivity index (χ3v) is 3.13. The van der Waals surface area contributed by atoms with E-state index in [0.29, 0.717) is 6.42 Å². The molecule has 17 heavy (non-hydrogen) atoms. The Morgan fingerprint density at radius 3 is 2.47 bits per heavy atom. The lowest BCUT2D eigenvalue weighted by Gasteiger charge is -2.13. The molecule has 0 bridgehead atoms. The molecule has 92 valence electrons. The fourth-order valence-electron chi connectivity index (χ4n) is 2.09. The Hall–Kier alpha value is -1.68. The third kappa shape index (κ3) is 2.22. The largest absolute Gasteiger partial charge is 0.400 e. The first kappa shape index (κ1) is 13.4. The molecule has 1 saturated carbocycles. The Bertz CT molecular complexity index is 405. The zero-order valence-corrected chi connectivity index (χ0v) is 10.0. The number of nitrogens with one attached hydrogen (secondary N) is 1. The highest BCUT2D eigenvalue weighted by atomic mass is 16.2. The molecule has 0 aliphatic heterocycles. The van der Waals surface area contributed by atoms with Crippen LogP contribution < -0.4 is 5.32 Å². The van der Waals surface area contributed by atoms with Crippen LogP contribution in [0.5, 0.6) is 0 Å². The molecule has 1 aliphatic carbocycles. The molecule has 2 unspecified atom stereocenters. The predicted octanol–water partition coefficient (Wildman–Crippen LogP) is 0.992. The SMILES string of the molecule is CNc1ccccc1C1(C=O)CC1C=O.CO. The second-order valence-corrected chi connectivity index (χ2v) is 3.90. The van der Waals surface area contributed by atoms with Gasteiger partial charge in [0.25, 0.3) is 0 Å². The van der Waals surface area contributed by atoms with E-state index in [2.05, 4.69) is 5.32 Å². The highest BCUT2D eigenvalue weighted by Gasteiger charge is 2.56. The lowest BCUT2D eigenvalue weighted by molar-refractivity contribution is -0.113. The fourth-order valence-corrected chi connectivity index (χ4v) is 2.09. The number of hydrogen-bond donors (Lipinski definition) is 2. The smallest absolute Gasteiger partial charge is 0.131 e. The minimum absolute atomic E-state index is 0.149. The standard InChI is InChI=1S/C12H13NO2.CH4O/c1-13-11-5-3-2-4-10(11)12(8-15)6-9(12)7-14;1-2/h2-5,7-9,13H,6H2,1H3;2H,1H3. The van der Waals surface area contributed by atoms with Gasteiger partial charge >= 0.3 is 0 Å². The molecule has 2 N–H and O–H groups in total. The van der Waals surface area contributed by atoms with Crippen molar-refractivity contribution < 1.29 is 14.7 Å². The van der Waals surface area contributed by atoms with E-state index in [4.69, 9.17) is 5.11 Å². The van der Waals surface area contributed by atoms with Crippen molar-refractivity contribution in [3.05, 3.63) is 29.8 Å².